The number of rotatable bonds is 5. The Hall–Kier alpha value is -3.50. The van der Waals surface area contributed by atoms with Gasteiger partial charge in [-0.25, -0.2) is 8.78 Å². The Morgan fingerprint density at radius 1 is 1.24 bits per heavy atom. The second-order valence-corrected chi connectivity index (χ2v) is 14.5. The highest BCUT2D eigenvalue weighted by Crippen LogP contribution is 2.51. The maximum absolute atomic E-state index is 17.2. The van der Waals surface area contributed by atoms with Gasteiger partial charge in [-0.2, -0.15) is 15.2 Å². The van der Waals surface area contributed by atoms with Gasteiger partial charge in [0.25, 0.3) is 0 Å². The van der Waals surface area contributed by atoms with E-state index in [4.69, 9.17) is 36.5 Å². The lowest BCUT2D eigenvalue weighted by molar-refractivity contribution is 0.0764. The molecule has 0 amide bonds. The molecule has 2 aromatic heterocycles. The molecule has 0 saturated carbocycles. The molecule has 0 radical (unpaired) electrons. The van der Waals surface area contributed by atoms with Gasteiger partial charge in [0.2, 0.25) is 0 Å². The highest BCUT2D eigenvalue weighted by atomic mass is 35.5. The maximum Gasteiger partial charge on any atom is 0.319 e. The van der Waals surface area contributed by atoms with Gasteiger partial charge in [-0.1, -0.05) is 24.6 Å². The molecule has 13 heteroatoms. The van der Waals surface area contributed by atoms with Crippen molar-refractivity contribution in [2.24, 2.45) is 5.92 Å². The summed E-state index contributed by atoms with van der Waals surface area (Å²) in [5.74, 6) is -0.0207. The minimum Gasteiger partial charge on any atom is -0.489 e. The van der Waals surface area contributed by atoms with E-state index in [9.17, 15) is 9.65 Å². The fourth-order valence-corrected chi connectivity index (χ4v) is 9.49. The second kappa shape index (κ2) is 11.0. The van der Waals surface area contributed by atoms with Gasteiger partial charge in [-0.15, -0.1) is 11.3 Å². The lowest BCUT2D eigenvalue weighted by Crippen LogP contribution is -2.48. The van der Waals surface area contributed by atoms with Gasteiger partial charge in [0.15, 0.2) is 11.6 Å². The molecule has 0 aliphatic carbocycles. The minimum atomic E-state index is -0.740. The summed E-state index contributed by atoms with van der Waals surface area (Å²) in [6.07, 6.45) is 4.72. The Morgan fingerprint density at radius 3 is 2.89 bits per heavy atom. The van der Waals surface area contributed by atoms with Crippen LogP contribution in [0.3, 0.4) is 0 Å². The minimum absolute atomic E-state index is 0.00587. The van der Waals surface area contributed by atoms with Gasteiger partial charge in [0.05, 0.1) is 38.4 Å². The molecule has 6 heterocycles. The number of halogens is 3. The topological polar surface area (TPSA) is 110 Å². The number of nitrogens with zero attached hydrogens (tertiary/aromatic N) is 5. The summed E-state index contributed by atoms with van der Waals surface area (Å²) in [7, 11) is 1.69. The van der Waals surface area contributed by atoms with E-state index in [1.165, 1.54) is 12.1 Å². The van der Waals surface area contributed by atoms with E-state index in [0.717, 1.165) is 56.5 Å². The van der Waals surface area contributed by atoms with Gasteiger partial charge in [-0.3, -0.25) is 4.90 Å². The lowest BCUT2D eigenvalue weighted by atomic mass is 9.92. The largest absolute Gasteiger partial charge is 0.489 e. The van der Waals surface area contributed by atoms with Gasteiger partial charge in [0, 0.05) is 31.1 Å². The normalized spacial score (nSPS) is 25.7. The summed E-state index contributed by atoms with van der Waals surface area (Å²) in [4.78, 5) is 14.2. The molecule has 8 rings (SSSR count). The first-order chi connectivity index (χ1) is 22.2. The molecule has 4 aromatic rings. The molecule has 240 valence electrons. The number of methoxy groups -OCH3 is 1. The van der Waals surface area contributed by atoms with Crippen molar-refractivity contribution < 1.29 is 23.0 Å². The second-order valence-electron chi connectivity index (χ2n) is 13.1. The number of hydrogen-bond donors (Lipinski definition) is 1. The highest BCUT2D eigenvalue weighted by Gasteiger charge is 2.48. The first-order valence-electron chi connectivity index (χ1n) is 15.7. The Labute approximate surface area is 273 Å². The number of fused-ring (bicyclic) bond motifs is 4. The van der Waals surface area contributed by atoms with E-state index >= 15 is 4.39 Å². The number of ether oxygens (including phenoxy) is 3. The molecule has 3 saturated heterocycles. The van der Waals surface area contributed by atoms with Crippen LogP contribution < -0.4 is 20.1 Å². The molecule has 2 N–H and O–H groups in total. The number of nitrogens with two attached hydrogens (primary N) is 1. The first kappa shape index (κ1) is 29.9. The van der Waals surface area contributed by atoms with Crippen molar-refractivity contribution in [3.63, 3.8) is 0 Å². The molecule has 2 aromatic carbocycles. The molecule has 4 aliphatic rings. The monoisotopic (exact) mass is 666 g/mol. The number of piperidine rings is 1. The maximum atomic E-state index is 17.2. The van der Waals surface area contributed by atoms with Crippen LogP contribution in [0.5, 0.6) is 11.8 Å². The molecule has 0 spiro atoms. The fourth-order valence-electron chi connectivity index (χ4n) is 8.21. The zero-order valence-corrected chi connectivity index (χ0v) is 27.1. The van der Waals surface area contributed by atoms with Crippen molar-refractivity contribution in [3.05, 3.63) is 34.4 Å². The molecule has 4 aliphatic heterocycles. The van der Waals surface area contributed by atoms with E-state index in [2.05, 4.69) is 27.8 Å². The average molecular weight is 667 g/mol. The third-order valence-electron chi connectivity index (χ3n) is 10.3. The van der Waals surface area contributed by atoms with Gasteiger partial charge >= 0.3 is 6.01 Å². The van der Waals surface area contributed by atoms with Crippen LogP contribution in [0.15, 0.2) is 12.1 Å². The molecular weight excluding hydrogens is 634 g/mol. The van der Waals surface area contributed by atoms with Crippen LogP contribution in [0.4, 0.5) is 19.6 Å². The summed E-state index contributed by atoms with van der Waals surface area (Å²) in [6, 6.07) is 4.72. The van der Waals surface area contributed by atoms with Crippen LogP contribution in [0.2, 0.25) is 5.02 Å². The quantitative estimate of drug-likeness (QED) is 0.254. The smallest absolute Gasteiger partial charge is 0.319 e. The van der Waals surface area contributed by atoms with Gasteiger partial charge < -0.3 is 24.8 Å². The fraction of sp³-hybridized carbons (Fsp3) is 0.485. The number of thiophene rings is 1. The third-order valence-corrected chi connectivity index (χ3v) is 11.7. The van der Waals surface area contributed by atoms with Gasteiger partial charge in [-0.05, 0) is 56.2 Å². The predicted octanol–water partition coefficient (Wildman–Crippen LogP) is 6.53. The van der Waals surface area contributed by atoms with Crippen molar-refractivity contribution in [2.45, 2.75) is 56.7 Å². The highest BCUT2D eigenvalue weighted by molar-refractivity contribution is 7.23. The van der Waals surface area contributed by atoms with Crippen molar-refractivity contribution in [2.75, 3.05) is 50.6 Å². The number of anilines is 2. The number of nitrogen functional groups attached to an aromatic ring is 1. The summed E-state index contributed by atoms with van der Waals surface area (Å²) in [5.41, 5.74) is 6.26. The van der Waals surface area contributed by atoms with Crippen LogP contribution in [0.1, 0.15) is 44.6 Å². The molecule has 3 fully saturated rings. The number of benzene rings is 2. The Balaban J connectivity index is 1.35. The van der Waals surface area contributed by atoms with E-state index < -0.39 is 11.6 Å². The summed E-state index contributed by atoms with van der Waals surface area (Å²) in [6.45, 7) is 5.54. The van der Waals surface area contributed by atoms with Crippen LogP contribution >= 0.6 is 22.9 Å². The molecule has 46 heavy (non-hydrogen) atoms. The van der Waals surface area contributed by atoms with Crippen LogP contribution in [0.25, 0.3) is 32.1 Å². The molecule has 3 unspecified atom stereocenters. The van der Waals surface area contributed by atoms with Crippen molar-refractivity contribution in [1.29, 1.82) is 5.26 Å². The standard InChI is InChI=1S/C33H33ClF2N6O3S/c1-16-10-33(8-3-9-41(33)12-16)15-45-32-39-27-24-28(44-14-17-4-5-18(43-2)13-42(17)31(24)40-32)25(34)23(26(27)36)19-6-7-21(35)29-22(19)20(11-37)30(38)46-29/h6-7,16-18H,3-5,8-10,12-15,38H2,1-2H3/t16-,17?,18?,33?/m1/s1. The van der Waals surface area contributed by atoms with Crippen LogP contribution in [-0.4, -0.2) is 72.5 Å². The third kappa shape index (κ3) is 4.43. The average Bonchev–Trinajstić information content (AvgIpc) is 3.66. The van der Waals surface area contributed by atoms with Crippen LogP contribution in [0, 0.1) is 28.9 Å². The van der Waals surface area contributed by atoms with E-state index in [-0.39, 0.29) is 78.4 Å². The van der Waals surface area contributed by atoms with Gasteiger partial charge in [0.1, 0.15) is 41.4 Å². The van der Waals surface area contributed by atoms with Crippen molar-refractivity contribution >= 4 is 54.7 Å². The molecule has 0 bridgehead atoms. The summed E-state index contributed by atoms with van der Waals surface area (Å²) in [5, 5.41) is 10.6. The van der Waals surface area contributed by atoms with E-state index in [1.54, 1.807) is 7.11 Å². The van der Waals surface area contributed by atoms with Crippen molar-refractivity contribution in [3.8, 4) is 29.0 Å². The number of aromatic nitrogens is 2. The molecular formula is C33H33ClF2N6O3S. The Kier molecular flexibility index (Phi) is 7.17. The molecule has 4 atom stereocenters. The zero-order valence-electron chi connectivity index (χ0n) is 25.5. The predicted molar refractivity (Wildman–Crippen MR) is 174 cm³/mol. The Morgan fingerprint density at radius 2 is 2.09 bits per heavy atom. The number of nitriles is 1. The molecule has 9 nitrogen and oxygen atoms in total. The van der Waals surface area contributed by atoms with Crippen molar-refractivity contribution in [1.82, 2.24) is 14.9 Å². The van der Waals surface area contributed by atoms with E-state index in [0.29, 0.717) is 30.3 Å². The summed E-state index contributed by atoms with van der Waals surface area (Å²) < 4.78 is 50.8. The lowest BCUT2D eigenvalue weighted by Gasteiger charge is -2.38. The summed E-state index contributed by atoms with van der Waals surface area (Å²) >= 11 is 8.00. The zero-order chi connectivity index (χ0) is 31.9. The van der Waals surface area contributed by atoms with Crippen LogP contribution in [-0.2, 0) is 4.74 Å². The van der Waals surface area contributed by atoms with E-state index in [1.807, 2.05) is 0 Å². The number of hydrogen-bond acceptors (Lipinski definition) is 10. The Bertz CT molecular complexity index is 1950. The first-order valence-corrected chi connectivity index (χ1v) is 16.9. The SMILES string of the molecule is COC1CCC2COc3c(Cl)c(-c4ccc(F)c5sc(N)c(C#N)c45)c(F)c4nc(OCC56CCCN5C[C@H](C)C6)nc(c34)N2C1.